The van der Waals surface area contributed by atoms with Crippen LogP contribution in [0.1, 0.15) is 22.5 Å². The molecule has 2 N–H and O–H groups in total. The van der Waals surface area contributed by atoms with Crippen LogP contribution < -0.4 is 10.6 Å². The van der Waals surface area contributed by atoms with Crippen LogP contribution in [0.4, 0.5) is 4.39 Å². The topological polar surface area (TPSA) is 54.2 Å². The highest BCUT2D eigenvalue weighted by Gasteiger charge is 2.05. The van der Waals surface area contributed by atoms with Crippen LogP contribution in [0.3, 0.4) is 0 Å². The van der Waals surface area contributed by atoms with Crippen molar-refractivity contribution in [1.82, 2.24) is 20.2 Å². The minimum Gasteiger partial charge on any atom is -0.356 e. The van der Waals surface area contributed by atoms with Crippen LogP contribution in [-0.4, -0.2) is 29.1 Å². The Labute approximate surface area is 165 Å². The van der Waals surface area contributed by atoms with E-state index in [0.29, 0.717) is 24.6 Å². The van der Waals surface area contributed by atoms with Crippen LogP contribution in [0, 0.1) is 12.7 Å². The lowest BCUT2D eigenvalue weighted by Gasteiger charge is -2.13. The van der Waals surface area contributed by atoms with Crippen LogP contribution in [0.15, 0.2) is 65.9 Å². The molecule has 1 heterocycles. The number of rotatable bonds is 7. The Hall–Kier alpha value is -3.15. The van der Waals surface area contributed by atoms with Gasteiger partial charge < -0.3 is 15.2 Å². The third-order valence-electron chi connectivity index (χ3n) is 4.54. The average molecular weight is 379 g/mol. The quantitative estimate of drug-likeness (QED) is 0.489. The second-order valence-electron chi connectivity index (χ2n) is 6.64. The zero-order valence-electron chi connectivity index (χ0n) is 16.3. The van der Waals surface area contributed by atoms with E-state index in [-0.39, 0.29) is 5.82 Å². The number of nitrogens with zero attached hydrogens (tertiary/aromatic N) is 3. The fourth-order valence-electron chi connectivity index (χ4n) is 3.01. The molecule has 0 bridgehead atoms. The Morgan fingerprint density at radius 2 is 1.93 bits per heavy atom. The van der Waals surface area contributed by atoms with E-state index in [1.54, 1.807) is 20.0 Å². The van der Waals surface area contributed by atoms with Crippen molar-refractivity contribution in [3.05, 3.63) is 89.3 Å². The van der Waals surface area contributed by atoms with E-state index in [1.807, 2.05) is 36.7 Å². The zero-order chi connectivity index (χ0) is 19.8. The Morgan fingerprint density at radius 3 is 2.68 bits per heavy atom. The van der Waals surface area contributed by atoms with Gasteiger partial charge in [0.2, 0.25) is 0 Å². The summed E-state index contributed by atoms with van der Waals surface area (Å²) in [4.78, 5) is 8.72. The maximum Gasteiger partial charge on any atom is 0.191 e. The lowest BCUT2D eigenvalue weighted by molar-refractivity contribution is 0.617. The number of imidazole rings is 1. The van der Waals surface area contributed by atoms with Crippen LogP contribution in [0.25, 0.3) is 0 Å². The zero-order valence-corrected chi connectivity index (χ0v) is 16.3. The van der Waals surface area contributed by atoms with Crippen molar-refractivity contribution in [2.75, 3.05) is 13.6 Å². The molecular formula is C22H26FN5. The molecule has 0 unspecified atom stereocenters. The van der Waals surface area contributed by atoms with Crippen molar-refractivity contribution in [3.63, 3.8) is 0 Å². The molecule has 3 aromatic rings. The van der Waals surface area contributed by atoms with Gasteiger partial charge in [0, 0.05) is 45.5 Å². The lowest BCUT2D eigenvalue weighted by Crippen LogP contribution is -2.38. The van der Waals surface area contributed by atoms with Crippen molar-refractivity contribution in [2.45, 2.75) is 26.4 Å². The van der Waals surface area contributed by atoms with Crippen molar-refractivity contribution < 1.29 is 4.39 Å². The highest BCUT2D eigenvalue weighted by atomic mass is 19.1. The summed E-state index contributed by atoms with van der Waals surface area (Å²) in [5, 5.41) is 6.56. The third-order valence-corrected chi connectivity index (χ3v) is 4.54. The molecule has 0 spiro atoms. The smallest absolute Gasteiger partial charge is 0.191 e. The molecule has 0 saturated heterocycles. The molecule has 2 aromatic carbocycles. The minimum atomic E-state index is -0.183. The predicted molar refractivity (Wildman–Crippen MR) is 111 cm³/mol. The number of halogens is 1. The maximum absolute atomic E-state index is 13.4. The summed E-state index contributed by atoms with van der Waals surface area (Å²) in [5.74, 6) is 1.56. The molecule has 0 aliphatic heterocycles. The van der Waals surface area contributed by atoms with Gasteiger partial charge in [-0.15, -0.1) is 0 Å². The molecule has 1 aromatic heterocycles. The van der Waals surface area contributed by atoms with Crippen molar-refractivity contribution >= 4 is 5.96 Å². The number of hydrogen-bond donors (Lipinski definition) is 2. The summed E-state index contributed by atoms with van der Waals surface area (Å²) >= 11 is 0. The Morgan fingerprint density at radius 1 is 1.11 bits per heavy atom. The fourth-order valence-corrected chi connectivity index (χ4v) is 3.01. The van der Waals surface area contributed by atoms with Gasteiger partial charge in [-0.3, -0.25) is 4.99 Å². The molecule has 0 saturated carbocycles. The molecule has 3 rings (SSSR count). The van der Waals surface area contributed by atoms with E-state index in [2.05, 4.69) is 37.3 Å². The number of aromatic nitrogens is 2. The van der Waals surface area contributed by atoms with E-state index in [1.165, 1.54) is 11.6 Å². The molecular weight excluding hydrogens is 353 g/mol. The van der Waals surface area contributed by atoms with Crippen molar-refractivity contribution in [1.29, 1.82) is 0 Å². The number of nitrogens with one attached hydrogen (secondary N) is 2. The Bertz CT molecular complexity index is 918. The third kappa shape index (κ3) is 5.42. The van der Waals surface area contributed by atoms with E-state index in [4.69, 9.17) is 0 Å². The molecule has 5 nitrogen and oxygen atoms in total. The van der Waals surface area contributed by atoms with E-state index in [0.717, 1.165) is 24.4 Å². The Kier molecular flexibility index (Phi) is 6.78. The summed E-state index contributed by atoms with van der Waals surface area (Å²) < 4.78 is 15.5. The van der Waals surface area contributed by atoms with Gasteiger partial charge in [-0.2, -0.15) is 0 Å². The SMILES string of the molecule is CN=C(NCCc1nccn1Cc1ccccc1)NCc1ccc(F)c(C)c1. The average Bonchev–Trinajstić information content (AvgIpc) is 3.14. The fraction of sp³-hybridized carbons (Fsp3) is 0.273. The highest BCUT2D eigenvalue weighted by Crippen LogP contribution is 2.09. The van der Waals surface area contributed by atoms with Gasteiger partial charge in [0.25, 0.3) is 0 Å². The van der Waals surface area contributed by atoms with E-state index in [9.17, 15) is 4.39 Å². The van der Waals surface area contributed by atoms with E-state index < -0.39 is 0 Å². The summed E-state index contributed by atoms with van der Waals surface area (Å²) in [6, 6.07) is 15.5. The number of hydrogen-bond acceptors (Lipinski definition) is 2. The second kappa shape index (κ2) is 9.69. The summed E-state index contributed by atoms with van der Waals surface area (Å²) in [5.41, 5.74) is 2.91. The largest absolute Gasteiger partial charge is 0.356 e. The molecule has 0 fully saturated rings. The predicted octanol–water partition coefficient (Wildman–Crippen LogP) is 3.29. The normalized spacial score (nSPS) is 11.5. The number of aryl methyl sites for hydroxylation is 1. The first kappa shape index (κ1) is 19.6. The van der Waals surface area contributed by atoms with Gasteiger partial charge in [0.1, 0.15) is 11.6 Å². The molecule has 0 aliphatic carbocycles. The second-order valence-corrected chi connectivity index (χ2v) is 6.64. The molecule has 0 aliphatic rings. The highest BCUT2D eigenvalue weighted by molar-refractivity contribution is 5.79. The first-order valence-corrected chi connectivity index (χ1v) is 9.39. The molecule has 28 heavy (non-hydrogen) atoms. The summed E-state index contributed by atoms with van der Waals surface area (Å²) in [7, 11) is 1.74. The standard InChI is InChI=1S/C22H26FN5/c1-17-14-19(8-9-20(17)23)15-27-22(24-2)26-11-10-21-25-12-13-28(21)16-18-6-4-3-5-7-18/h3-9,12-14H,10-11,15-16H2,1-2H3,(H2,24,26,27). The molecule has 6 heteroatoms. The van der Waals surface area contributed by atoms with Crippen LogP contribution in [-0.2, 0) is 19.5 Å². The lowest BCUT2D eigenvalue weighted by atomic mass is 10.1. The molecule has 146 valence electrons. The van der Waals surface area contributed by atoms with Crippen LogP contribution in [0.5, 0.6) is 0 Å². The first-order chi connectivity index (χ1) is 13.7. The first-order valence-electron chi connectivity index (χ1n) is 9.39. The Balaban J connectivity index is 1.48. The van der Waals surface area contributed by atoms with Crippen molar-refractivity contribution in [2.24, 2.45) is 4.99 Å². The maximum atomic E-state index is 13.4. The van der Waals surface area contributed by atoms with Gasteiger partial charge >= 0.3 is 0 Å². The van der Waals surface area contributed by atoms with Gasteiger partial charge in [0.15, 0.2) is 5.96 Å². The summed E-state index contributed by atoms with van der Waals surface area (Å²) in [6.45, 7) is 3.88. The van der Waals surface area contributed by atoms with Gasteiger partial charge in [0.05, 0.1) is 0 Å². The van der Waals surface area contributed by atoms with E-state index >= 15 is 0 Å². The van der Waals surface area contributed by atoms with Gasteiger partial charge in [-0.05, 0) is 29.7 Å². The number of guanidine groups is 1. The summed E-state index contributed by atoms with van der Waals surface area (Å²) in [6.07, 6.45) is 4.63. The van der Waals surface area contributed by atoms with Gasteiger partial charge in [-0.25, -0.2) is 9.37 Å². The monoisotopic (exact) mass is 379 g/mol. The molecule has 0 radical (unpaired) electrons. The molecule has 0 atom stereocenters. The number of aliphatic imine (C=N–C) groups is 1. The van der Waals surface area contributed by atoms with Crippen LogP contribution >= 0.6 is 0 Å². The minimum absolute atomic E-state index is 0.183. The molecule has 0 amide bonds. The number of benzene rings is 2. The van der Waals surface area contributed by atoms with Gasteiger partial charge in [-0.1, -0.05) is 42.5 Å². The van der Waals surface area contributed by atoms with Crippen LogP contribution in [0.2, 0.25) is 0 Å². The van der Waals surface area contributed by atoms with Crippen molar-refractivity contribution in [3.8, 4) is 0 Å².